The first-order valence-corrected chi connectivity index (χ1v) is 7.77. The van der Waals surface area contributed by atoms with E-state index in [1.807, 2.05) is 18.2 Å². The smallest absolute Gasteiger partial charge is 0.178 e. The molecule has 3 rings (SSSR count). The maximum absolute atomic E-state index is 5.73. The van der Waals surface area contributed by atoms with Crippen LogP contribution in [0.2, 0.25) is 0 Å². The molecule has 0 atom stereocenters. The monoisotopic (exact) mass is 308 g/mol. The van der Waals surface area contributed by atoms with Gasteiger partial charge in [-0.15, -0.1) is 0 Å². The van der Waals surface area contributed by atoms with Gasteiger partial charge in [0, 0.05) is 12.4 Å². The third-order valence-corrected chi connectivity index (χ3v) is 3.53. The minimum Gasteiger partial charge on any atom is -0.488 e. The van der Waals surface area contributed by atoms with Crippen LogP contribution in [-0.4, -0.2) is 33.0 Å². The van der Waals surface area contributed by atoms with Crippen molar-refractivity contribution in [3.63, 3.8) is 0 Å². The molecular formula is C18H20N4O. The lowest BCUT2D eigenvalue weighted by Gasteiger charge is -2.16. The second-order valence-corrected chi connectivity index (χ2v) is 5.44. The molecule has 2 aromatic rings. The zero-order chi connectivity index (χ0) is 15.9. The number of rotatable bonds is 5. The largest absolute Gasteiger partial charge is 0.488 e. The lowest BCUT2D eigenvalue weighted by Crippen LogP contribution is -2.18. The quantitative estimate of drug-likeness (QED) is 0.847. The van der Waals surface area contributed by atoms with Gasteiger partial charge in [0.25, 0.3) is 0 Å². The van der Waals surface area contributed by atoms with Gasteiger partial charge in [0.05, 0.1) is 18.9 Å². The summed E-state index contributed by atoms with van der Waals surface area (Å²) < 4.78 is 5.73. The van der Waals surface area contributed by atoms with E-state index in [4.69, 9.17) is 4.74 Å². The summed E-state index contributed by atoms with van der Waals surface area (Å²) >= 11 is 0. The summed E-state index contributed by atoms with van der Waals surface area (Å²) in [5.41, 5.74) is 2.15. The number of ether oxygens (including phenoxy) is 1. The van der Waals surface area contributed by atoms with Crippen molar-refractivity contribution in [3.8, 4) is 17.3 Å². The zero-order valence-electron chi connectivity index (χ0n) is 13.2. The lowest BCUT2D eigenvalue weighted by molar-refractivity contribution is 0.281. The molecule has 1 aliphatic heterocycles. The Morgan fingerprint density at radius 3 is 2.83 bits per heavy atom. The number of hydrogen-bond donors (Lipinski definition) is 0. The summed E-state index contributed by atoms with van der Waals surface area (Å²) in [5, 5.41) is 0. The van der Waals surface area contributed by atoms with Crippen molar-refractivity contribution in [3.05, 3.63) is 60.8 Å². The minimum absolute atomic E-state index is 0.584. The predicted molar refractivity (Wildman–Crippen MR) is 89.6 cm³/mol. The van der Waals surface area contributed by atoms with Gasteiger partial charge in [-0.1, -0.05) is 17.7 Å². The molecule has 0 spiro atoms. The Hall–Kier alpha value is -2.69. The fourth-order valence-electron chi connectivity index (χ4n) is 2.34. The maximum Gasteiger partial charge on any atom is 0.178 e. The van der Waals surface area contributed by atoms with Gasteiger partial charge in [0.1, 0.15) is 12.3 Å². The molecule has 0 saturated carbocycles. The molecule has 3 heterocycles. The number of aromatic nitrogens is 3. The Bertz CT molecular complexity index is 680. The molecule has 0 bridgehead atoms. The summed E-state index contributed by atoms with van der Waals surface area (Å²) in [5.74, 6) is 1.27. The Morgan fingerprint density at radius 1 is 1.17 bits per heavy atom. The Balaban J connectivity index is 1.54. The van der Waals surface area contributed by atoms with Gasteiger partial charge in [-0.2, -0.15) is 0 Å². The molecular weight excluding hydrogens is 288 g/mol. The van der Waals surface area contributed by atoms with Crippen LogP contribution >= 0.6 is 0 Å². The van der Waals surface area contributed by atoms with Crippen molar-refractivity contribution in [2.24, 2.45) is 0 Å². The highest BCUT2D eigenvalue weighted by molar-refractivity contribution is 5.48. The third kappa shape index (κ3) is 4.39. The molecule has 0 aromatic carbocycles. The number of nitrogens with zero attached hydrogens (tertiary/aromatic N) is 4. The van der Waals surface area contributed by atoms with E-state index >= 15 is 0 Å². The maximum atomic E-state index is 5.73. The van der Waals surface area contributed by atoms with Gasteiger partial charge < -0.3 is 9.64 Å². The van der Waals surface area contributed by atoms with E-state index in [1.54, 1.807) is 18.6 Å². The molecule has 0 radical (unpaired) electrons. The number of allylic oxidation sites excluding steroid dienone is 2. The molecule has 2 aromatic heterocycles. The standard InChI is InChI=1S/C18H20N4O/c1-15-6-3-5-9-22(14-15)10-11-23-16-12-20-18(21-13-16)17-7-2-4-8-19-17/h2,4-5,7-9,12-14H,3,6,10-11H2,1H3. The van der Waals surface area contributed by atoms with Gasteiger partial charge in [-0.25, -0.2) is 9.97 Å². The summed E-state index contributed by atoms with van der Waals surface area (Å²) in [4.78, 5) is 15.0. The zero-order valence-corrected chi connectivity index (χ0v) is 13.2. The molecule has 0 amide bonds. The Labute approximate surface area is 136 Å². The molecule has 118 valence electrons. The van der Waals surface area contributed by atoms with E-state index in [2.05, 4.69) is 45.3 Å². The second-order valence-electron chi connectivity index (χ2n) is 5.44. The first kappa shape index (κ1) is 15.2. The molecule has 0 unspecified atom stereocenters. The van der Waals surface area contributed by atoms with Crippen LogP contribution in [0.1, 0.15) is 19.8 Å². The van der Waals surface area contributed by atoms with E-state index in [-0.39, 0.29) is 0 Å². The van der Waals surface area contributed by atoms with E-state index in [1.165, 1.54) is 5.57 Å². The first-order valence-electron chi connectivity index (χ1n) is 7.77. The summed E-state index contributed by atoms with van der Waals surface area (Å²) in [6.07, 6.45) is 13.8. The SMILES string of the molecule is CC1=CN(CCOc2cnc(-c3ccccn3)nc2)C=CCC1. The predicted octanol–water partition coefficient (Wildman–Crippen LogP) is 3.43. The Morgan fingerprint density at radius 2 is 2.04 bits per heavy atom. The fraction of sp³-hybridized carbons (Fsp3) is 0.278. The van der Waals surface area contributed by atoms with Crippen LogP contribution in [0.15, 0.2) is 60.8 Å². The number of pyridine rings is 1. The molecule has 0 saturated heterocycles. The second kappa shape index (κ2) is 7.54. The highest BCUT2D eigenvalue weighted by atomic mass is 16.5. The van der Waals surface area contributed by atoms with Crippen molar-refractivity contribution < 1.29 is 4.74 Å². The fourth-order valence-corrected chi connectivity index (χ4v) is 2.34. The van der Waals surface area contributed by atoms with Crippen LogP contribution in [0, 0.1) is 0 Å². The van der Waals surface area contributed by atoms with Crippen LogP contribution in [0.5, 0.6) is 5.75 Å². The Kier molecular flexibility index (Phi) is 4.99. The highest BCUT2D eigenvalue weighted by Gasteiger charge is 2.04. The van der Waals surface area contributed by atoms with Gasteiger partial charge in [0.15, 0.2) is 11.6 Å². The van der Waals surface area contributed by atoms with Crippen LogP contribution in [-0.2, 0) is 0 Å². The molecule has 0 fully saturated rings. The molecule has 5 nitrogen and oxygen atoms in total. The molecule has 23 heavy (non-hydrogen) atoms. The molecule has 5 heteroatoms. The van der Waals surface area contributed by atoms with E-state index in [0.717, 1.165) is 25.1 Å². The van der Waals surface area contributed by atoms with Gasteiger partial charge in [0.2, 0.25) is 0 Å². The van der Waals surface area contributed by atoms with Crippen LogP contribution < -0.4 is 4.74 Å². The van der Waals surface area contributed by atoms with Crippen LogP contribution in [0.3, 0.4) is 0 Å². The third-order valence-electron chi connectivity index (χ3n) is 3.53. The van der Waals surface area contributed by atoms with Gasteiger partial charge in [-0.3, -0.25) is 4.98 Å². The normalized spacial score (nSPS) is 14.3. The van der Waals surface area contributed by atoms with E-state index in [9.17, 15) is 0 Å². The van der Waals surface area contributed by atoms with Crippen molar-refractivity contribution in [1.29, 1.82) is 0 Å². The molecule has 0 aliphatic carbocycles. The van der Waals surface area contributed by atoms with Crippen molar-refractivity contribution in [2.45, 2.75) is 19.8 Å². The van der Waals surface area contributed by atoms with E-state index in [0.29, 0.717) is 18.2 Å². The summed E-state index contributed by atoms with van der Waals surface area (Å²) in [7, 11) is 0. The average molecular weight is 308 g/mol. The summed E-state index contributed by atoms with van der Waals surface area (Å²) in [6.45, 7) is 3.54. The summed E-state index contributed by atoms with van der Waals surface area (Å²) in [6, 6.07) is 5.67. The van der Waals surface area contributed by atoms with Gasteiger partial charge in [-0.05, 0) is 38.1 Å². The first-order chi connectivity index (χ1) is 11.3. The highest BCUT2D eigenvalue weighted by Crippen LogP contribution is 2.14. The number of hydrogen-bond acceptors (Lipinski definition) is 5. The van der Waals surface area contributed by atoms with Crippen molar-refractivity contribution >= 4 is 0 Å². The van der Waals surface area contributed by atoms with Crippen LogP contribution in [0.25, 0.3) is 11.5 Å². The lowest BCUT2D eigenvalue weighted by atomic mass is 10.2. The van der Waals surface area contributed by atoms with Crippen molar-refractivity contribution in [2.75, 3.05) is 13.2 Å². The van der Waals surface area contributed by atoms with Crippen LogP contribution in [0.4, 0.5) is 0 Å². The minimum atomic E-state index is 0.584. The average Bonchev–Trinajstić information content (AvgIpc) is 2.80. The van der Waals surface area contributed by atoms with Gasteiger partial charge >= 0.3 is 0 Å². The topological polar surface area (TPSA) is 51.1 Å². The van der Waals surface area contributed by atoms with E-state index < -0.39 is 0 Å². The van der Waals surface area contributed by atoms with Crippen molar-refractivity contribution in [1.82, 2.24) is 19.9 Å². The molecule has 0 N–H and O–H groups in total. The molecule has 1 aliphatic rings.